The lowest BCUT2D eigenvalue weighted by molar-refractivity contribution is 0.590. The first kappa shape index (κ1) is 15.1. The summed E-state index contributed by atoms with van der Waals surface area (Å²) in [5.74, 6) is 0. The van der Waals surface area contributed by atoms with Crippen molar-refractivity contribution in [3.8, 4) is 0 Å². The summed E-state index contributed by atoms with van der Waals surface area (Å²) in [4.78, 5) is 0. The molecule has 0 bridgehead atoms. The first-order chi connectivity index (χ1) is 9.00. The van der Waals surface area contributed by atoms with Gasteiger partial charge in [0.05, 0.1) is 0 Å². The molecule has 108 valence electrons. The van der Waals surface area contributed by atoms with E-state index >= 15 is 0 Å². The second-order valence-corrected chi connectivity index (χ2v) is 8.22. The third-order valence-electron chi connectivity index (χ3n) is 3.97. The summed E-state index contributed by atoms with van der Waals surface area (Å²) < 4.78 is 0. The van der Waals surface area contributed by atoms with E-state index in [1.165, 1.54) is 33.0 Å². The molecular formula is C20H28. The fourth-order valence-electron chi connectivity index (χ4n) is 2.99. The van der Waals surface area contributed by atoms with Crippen LogP contribution in [-0.4, -0.2) is 0 Å². The molecule has 20 heavy (non-hydrogen) atoms. The van der Waals surface area contributed by atoms with E-state index in [1.54, 1.807) is 0 Å². The first-order valence-electron chi connectivity index (χ1n) is 7.56. The average molecular weight is 268 g/mol. The van der Waals surface area contributed by atoms with Gasteiger partial charge in [-0.1, -0.05) is 76.9 Å². The summed E-state index contributed by atoms with van der Waals surface area (Å²) in [6.45, 7) is 18.3. The zero-order valence-corrected chi connectivity index (χ0v) is 14.3. The highest BCUT2D eigenvalue weighted by atomic mass is 14.3. The number of benzene rings is 2. The number of hydrogen-bond donors (Lipinski definition) is 0. The van der Waals surface area contributed by atoms with E-state index in [0.29, 0.717) is 0 Å². The van der Waals surface area contributed by atoms with E-state index < -0.39 is 0 Å². The summed E-state index contributed by atoms with van der Waals surface area (Å²) >= 11 is 0. The maximum Gasteiger partial charge on any atom is -0.0126 e. The lowest BCUT2D eigenvalue weighted by Gasteiger charge is -2.27. The van der Waals surface area contributed by atoms with Crippen molar-refractivity contribution in [1.29, 1.82) is 0 Å². The van der Waals surface area contributed by atoms with E-state index in [0.717, 1.165) is 0 Å². The Balaban J connectivity index is 2.97. The van der Waals surface area contributed by atoms with E-state index in [1.807, 2.05) is 0 Å². The smallest absolute Gasteiger partial charge is 0.0126 e. The average Bonchev–Trinajstić information content (AvgIpc) is 2.25. The molecule has 0 aliphatic carbocycles. The van der Waals surface area contributed by atoms with E-state index in [2.05, 4.69) is 79.7 Å². The minimum atomic E-state index is 0.174. The van der Waals surface area contributed by atoms with Crippen molar-refractivity contribution in [2.45, 2.75) is 66.2 Å². The Kier molecular flexibility index (Phi) is 3.48. The van der Waals surface area contributed by atoms with E-state index in [9.17, 15) is 0 Å². The molecule has 0 atom stereocenters. The zero-order chi connectivity index (χ0) is 15.3. The Morgan fingerprint density at radius 3 is 1.10 bits per heavy atom. The van der Waals surface area contributed by atoms with E-state index in [-0.39, 0.29) is 10.8 Å². The van der Waals surface area contributed by atoms with Crippen molar-refractivity contribution in [3.63, 3.8) is 0 Å². The molecule has 2 rings (SSSR count). The topological polar surface area (TPSA) is 0 Å². The summed E-state index contributed by atoms with van der Waals surface area (Å²) in [7, 11) is 0. The summed E-state index contributed by atoms with van der Waals surface area (Å²) in [6.07, 6.45) is 0. The van der Waals surface area contributed by atoms with Gasteiger partial charge in [-0.05, 0) is 46.6 Å². The van der Waals surface area contributed by atoms with Crippen molar-refractivity contribution in [3.05, 3.63) is 46.5 Å². The van der Waals surface area contributed by atoms with Gasteiger partial charge >= 0.3 is 0 Å². The predicted octanol–water partition coefficient (Wildman–Crippen LogP) is 6.05. The number of fused-ring (bicyclic) bond motifs is 1. The van der Waals surface area contributed by atoms with Gasteiger partial charge in [-0.2, -0.15) is 0 Å². The Labute approximate surface area is 124 Å². The summed E-state index contributed by atoms with van der Waals surface area (Å²) in [5.41, 5.74) is 5.98. The van der Waals surface area contributed by atoms with Crippen LogP contribution in [0, 0.1) is 13.8 Å². The second kappa shape index (κ2) is 4.62. The monoisotopic (exact) mass is 268 g/mol. The molecule has 0 heteroatoms. The van der Waals surface area contributed by atoms with Crippen LogP contribution in [0.25, 0.3) is 10.8 Å². The summed E-state index contributed by atoms with van der Waals surface area (Å²) in [6, 6.07) is 9.41. The van der Waals surface area contributed by atoms with Gasteiger partial charge in [0.2, 0.25) is 0 Å². The SMILES string of the molecule is Cc1cc(C(C)(C)C)c2cc(C)cc(C(C)(C)C)c2c1. The van der Waals surface area contributed by atoms with Gasteiger partial charge in [-0.15, -0.1) is 0 Å². The highest BCUT2D eigenvalue weighted by Gasteiger charge is 2.22. The molecule has 0 aliphatic heterocycles. The van der Waals surface area contributed by atoms with Crippen molar-refractivity contribution in [1.82, 2.24) is 0 Å². The predicted molar refractivity (Wildman–Crippen MR) is 90.8 cm³/mol. The highest BCUT2D eigenvalue weighted by molar-refractivity contribution is 5.91. The van der Waals surface area contributed by atoms with Gasteiger partial charge in [0.15, 0.2) is 0 Å². The molecule has 0 unspecified atom stereocenters. The molecular weight excluding hydrogens is 240 g/mol. The molecule has 0 aromatic heterocycles. The lowest BCUT2D eigenvalue weighted by Crippen LogP contribution is -2.15. The van der Waals surface area contributed by atoms with Crippen molar-refractivity contribution < 1.29 is 0 Å². The summed E-state index contributed by atoms with van der Waals surface area (Å²) in [5, 5.41) is 2.85. The van der Waals surface area contributed by atoms with E-state index in [4.69, 9.17) is 0 Å². The van der Waals surface area contributed by atoms with Gasteiger partial charge in [-0.3, -0.25) is 0 Å². The molecule has 0 nitrogen and oxygen atoms in total. The van der Waals surface area contributed by atoms with Gasteiger partial charge < -0.3 is 0 Å². The van der Waals surface area contributed by atoms with Crippen LogP contribution in [-0.2, 0) is 10.8 Å². The van der Waals surface area contributed by atoms with Gasteiger partial charge in [0.1, 0.15) is 0 Å². The molecule has 0 fully saturated rings. The van der Waals surface area contributed by atoms with Gasteiger partial charge in [0.25, 0.3) is 0 Å². The number of rotatable bonds is 0. The van der Waals surface area contributed by atoms with Gasteiger partial charge in [0, 0.05) is 0 Å². The van der Waals surface area contributed by atoms with Crippen LogP contribution in [0.3, 0.4) is 0 Å². The third kappa shape index (κ3) is 2.75. The second-order valence-electron chi connectivity index (χ2n) is 8.22. The third-order valence-corrected chi connectivity index (χ3v) is 3.97. The van der Waals surface area contributed by atoms with Crippen LogP contribution in [0.15, 0.2) is 24.3 Å². The van der Waals surface area contributed by atoms with Crippen LogP contribution >= 0.6 is 0 Å². The Morgan fingerprint density at radius 2 is 0.850 bits per heavy atom. The Morgan fingerprint density at radius 1 is 0.550 bits per heavy atom. The zero-order valence-electron chi connectivity index (χ0n) is 14.3. The largest absolute Gasteiger partial charge is 0.0561 e. The van der Waals surface area contributed by atoms with Crippen molar-refractivity contribution in [2.75, 3.05) is 0 Å². The van der Waals surface area contributed by atoms with Crippen molar-refractivity contribution >= 4 is 10.8 Å². The molecule has 0 radical (unpaired) electrons. The first-order valence-corrected chi connectivity index (χ1v) is 7.56. The van der Waals surface area contributed by atoms with Crippen LogP contribution in [0.1, 0.15) is 63.8 Å². The Bertz CT molecular complexity index is 587. The van der Waals surface area contributed by atoms with Crippen LogP contribution in [0.5, 0.6) is 0 Å². The van der Waals surface area contributed by atoms with Crippen LogP contribution < -0.4 is 0 Å². The van der Waals surface area contributed by atoms with Crippen LogP contribution in [0.4, 0.5) is 0 Å². The van der Waals surface area contributed by atoms with Crippen molar-refractivity contribution in [2.24, 2.45) is 0 Å². The number of hydrogen-bond acceptors (Lipinski definition) is 0. The maximum absolute atomic E-state index is 2.36. The molecule has 0 spiro atoms. The van der Waals surface area contributed by atoms with Crippen LogP contribution in [0.2, 0.25) is 0 Å². The quantitative estimate of drug-likeness (QED) is 0.545. The molecule has 0 saturated heterocycles. The molecule has 0 aliphatic rings. The molecule has 0 saturated carbocycles. The molecule has 0 N–H and O–H groups in total. The minimum Gasteiger partial charge on any atom is -0.0561 e. The van der Waals surface area contributed by atoms with Gasteiger partial charge in [-0.25, -0.2) is 0 Å². The highest BCUT2D eigenvalue weighted by Crippen LogP contribution is 2.37. The standard InChI is InChI=1S/C20H28/c1-13-9-15-16(17(11-13)19(3,4)5)10-14(2)12-18(15)20(6,7)8/h9-12H,1-8H3. The molecule has 0 amide bonds. The Hall–Kier alpha value is -1.30. The molecule has 0 heterocycles. The lowest BCUT2D eigenvalue weighted by atomic mass is 9.77. The fraction of sp³-hybridized carbons (Fsp3) is 0.500. The minimum absolute atomic E-state index is 0.174. The molecule has 2 aromatic rings. The molecule has 2 aromatic carbocycles. The maximum atomic E-state index is 2.36. The fourth-order valence-corrected chi connectivity index (χ4v) is 2.99. The normalized spacial score (nSPS) is 13.0. The number of aryl methyl sites for hydroxylation is 2.